The molecule has 1 aromatic heterocycles. The van der Waals surface area contributed by atoms with E-state index in [1.807, 2.05) is 20.8 Å². The SMILES string of the molecule is CC(C)(C)OCCOc1nnccc1C(=N)N. The molecule has 0 saturated heterocycles. The number of amidine groups is 1. The number of rotatable bonds is 5. The van der Waals surface area contributed by atoms with Crippen molar-refractivity contribution in [2.45, 2.75) is 26.4 Å². The molecule has 0 bridgehead atoms. The third kappa shape index (κ3) is 4.78. The summed E-state index contributed by atoms with van der Waals surface area (Å²) in [7, 11) is 0. The van der Waals surface area contributed by atoms with Crippen LogP contribution in [0.5, 0.6) is 5.88 Å². The average molecular weight is 238 g/mol. The molecule has 1 rings (SSSR count). The van der Waals surface area contributed by atoms with Crippen LogP contribution in [0.2, 0.25) is 0 Å². The van der Waals surface area contributed by atoms with Gasteiger partial charge in [0, 0.05) is 0 Å². The van der Waals surface area contributed by atoms with Crippen molar-refractivity contribution in [3.8, 4) is 5.88 Å². The van der Waals surface area contributed by atoms with Crippen LogP contribution < -0.4 is 10.5 Å². The van der Waals surface area contributed by atoms with E-state index in [2.05, 4.69) is 10.2 Å². The van der Waals surface area contributed by atoms with Crippen LogP contribution in [0.25, 0.3) is 0 Å². The number of nitrogen functional groups attached to an aromatic ring is 1. The summed E-state index contributed by atoms with van der Waals surface area (Å²) in [4.78, 5) is 0. The Bertz CT molecular complexity index is 387. The summed E-state index contributed by atoms with van der Waals surface area (Å²) in [5.41, 5.74) is 5.63. The highest BCUT2D eigenvalue weighted by molar-refractivity contribution is 5.96. The predicted octanol–water partition coefficient (Wildman–Crippen LogP) is 0.955. The monoisotopic (exact) mass is 238 g/mol. The molecule has 6 nitrogen and oxygen atoms in total. The zero-order valence-electron chi connectivity index (χ0n) is 10.4. The number of aromatic nitrogens is 2. The van der Waals surface area contributed by atoms with Gasteiger partial charge in [0.25, 0.3) is 0 Å². The summed E-state index contributed by atoms with van der Waals surface area (Å²) in [6, 6.07) is 1.59. The van der Waals surface area contributed by atoms with Crippen LogP contribution in [0.15, 0.2) is 12.3 Å². The first-order chi connectivity index (χ1) is 7.90. The molecule has 0 radical (unpaired) electrons. The van der Waals surface area contributed by atoms with Gasteiger partial charge in [-0.3, -0.25) is 5.41 Å². The minimum absolute atomic E-state index is 0.0911. The van der Waals surface area contributed by atoms with Gasteiger partial charge in [0.2, 0.25) is 5.88 Å². The number of nitrogens with two attached hydrogens (primary N) is 1. The minimum atomic E-state index is -0.199. The van der Waals surface area contributed by atoms with Gasteiger partial charge in [-0.25, -0.2) is 0 Å². The van der Waals surface area contributed by atoms with E-state index in [-0.39, 0.29) is 17.3 Å². The molecule has 6 heteroatoms. The van der Waals surface area contributed by atoms with E-state index in [0.29, 0.717) is 18.8 Å². The third-order valence-corrected chi connectivity index (χ3v) is 1.83. The molecule has 0 aliphatic carbocycles. The Morgan fingerprint density at radius 2 is 2.12 bits per heavy atom. The number of nitrogens with zero attached hydrogens (tertiary/aromatic N) is 2. The van der Waals surface area contributed by atoms with Crippen LogP contribution in [0.4, 0.5) is 0 Å². The molecule has 0 spiro atoms. The number of hydrogen-bond donors (Lipinski definition) is 2. The van der Waals surface area contributed by atoms with Crippen LogP contribution in [0.3, 0.4) is 0 Å². The normalized spacial score (nSPS) is 11.2. The summed E-state index contributed by atoms with van der Waals surface area (Å²) in [6.45, 7) is 6.69. The van der Waals surface area contributed by atoms with Gasteiger partial charge in [-0.05, 0) is 26.8 Å². The molecular formula is C11H18N4O2. The van der Waals surface area contributed by atoms with Crippen molar-refractivity contribution in [1.82, 2.24) is 10.2 Å². The van der Waals surface area contributed by atoms with Crippen molar-refractivity contribution in [1.29, 1.82) is 5.41 Å². The number of ether oxygens (including phenoxy) is 2. The van der Waals surface area contributed by atoms with Crippen molar-refractivity contribution in [2.75, 3.05) is 13.2 Å². The molecule has 0 aliphatic heterocycles. The third-order valence-electron chi connectivity index (χ3n) is 1.83. The zero-order valence-corrected chi connectivity index (χ0v) is 10.4. The van der Waals surface area contributed by atoms with E-state index in [9.17, 15) is 0 Å². The first-order valence-corrected chi connectivity index (χ1v) is 5.33. The minimum Gasteiger partial charge on any atom is -0.474 e. The van der Waals surface area contributed by atoms with Crippen LogP contribution >= 0.6 is 0 Å². The largest absolute Gasteiger partial charge is 0.474 e. The van der Waals surface area contributed by atoms with Gasteiger partial charge in [0.15, 0.2) is 0 Å². The summed E-state index contributed by atoms with van der Waals surface area (Å²) >= 11 is 0. The maximum atomic E-state index is 7.35. The molecule has 0 aliphatic rings. The van der Waals surface area contributed by atoms with E-state index in [4.69, 9.17) is 20.6 Å². The van der Waals surface area contributed by atoms with Crippen molar-refractivity contribution < 1.29 is 9.47 Å². The lowest BCUT2D eigenvalue weighted by molar-refractivity contribution is -0.0169. The van der Waals surface area contributed by atoms with Crippen LogP contribution in [-0.2, 0) is 4.74 Å². The lowest BCUT2D eigenvalue weighted by atomic mass is 10.2. The van der Waals surface area contributed by atoms with E-state index < -0.39 is 0 Å². The smallest absolute Gasteiger partial charge is 0.244 e. The van der Waals surface area contributed by atoms with E-state index in [0.717, 1.165) is 0 Å². The lowest BCUT2D eigenvalue weighted by Crippen LogP contribution is -2.23. The zero-order chi connectivity index (χ0) is 12.9. The van der Waals surface area contributed by atoms with Crippen molar-refractivity contribution in [3.05, 3.63) is 17.8 Å². The average Bonchev–Trinajstić information content (AvgIpc) is 2.23. The Morgan fingerprint density at radius 1 is 1.41 bits per heavy atom. The van der Waals surface area contributed by atoms with Gasteiger partial charge < -0.3 is 15.2 Å². The van der Waals surface area contributed by atoms with Gasteiger partial charge in [0.1, 0.15) is 12.4 Å². The van der Waals surface area contributed by atoms with Crippen LogP contribution in [0.1, 0.15) is 26.3 Å². The predicted molar refractivity (Wildman–Crippen MR) is 64.2 cm³/mol. The molecular weight excluding hydrogens is 220 g/mol. The molecule has 3 N–H and O–H groups in total. The first kappa shape index (κ1) is 13.4. The summed E-state index contributed by atoms with van der Waals surface area (Å²) < 4.78 is 10.9. The Morgan fingerprint density at radius 3 is 2.71 bits per heavy atom. The number of hydrogen-bond acceptors (Lipinski definition) is 5. The highest BCUT2D eigenvalue weighted by Crippen LogP contribution is 2.12. The highest BCUT2D eigenvalue weighted by Gasteiger charge is 2.11. The second kappa shape index (κ2) is 5.58. The maximum Gasteiger partial charge on any atom is 0.244 e. The lowest BCUT2D eigenvalue weighted by Gasteiger charge is -2.19. The molecule has 0 amide bonds. The Balaban J connectivity index is 2.49. The highest BCUT2D eigenvalue weighted by atomic mass is 16.5. The van der Waals surface area contributed by atoms with Crippen LogP contribution in [-0.4, -0.2) is 34.8 Å². The van der Waals surface area contributed by atoms with Gasteiger partial charge in [-0.2, -0.15) is 5.10 Å². The van der Waals surface area contributed by atoms with E-state index in [1.165, 1.54) is 6.20 Å². The van der Waals surface area contributed by atoms with Gasteiger partial charge in [-0.15, -0.1) is 5.10 Å². The fourth-order valence-electron chi connectivity index (χ4n) is 1.12. The fraction of sp³-hybridized carbons (Fsp3) is 0.545. The standard InChI is InChI=1S/C11H18N4O2/c1-11(2,3)17-7-6-16-10-8(9(12)13)4-5-14-15-10/h4-5H,6-7H2,1-3H3,(H3,12,13). The summed E-state index contributed by atoms with van der Waals surface area (Å²) in [5, 5.41) is 14.8. The van der Waals surface area contributed by atoms with Crippen molar-refractivity contribution in [2.24, 2.45) is 5.73 Å². The van der Waals surface area contributed by atoms with Gasteiger partial charge in [0.05, 0.1) is 24.0 Å². The molecule has 94 valence electrons. The Hall–Kier alpha value is -1.69. The molecule has 0 saturated carbocycles. The molecule has 1 heterocycles. The van der Waals surface area contributed by atoms with E-state index >= 15 is 0 Å². The van der Waals surface area contributed by atoms with E-state index in [1.54, 1.807) is 6.07 Å². The summed E-state index contributed by atoms with van der Waals surface area (Å²) in [5.74, 6) is 0.171. The second-order valence-electron chi connectivity index (χ2n) is 4.47. The van der Waals surface area contributed by atoms with Gasteiger partial charge in [-0.1, -0.05) is 0 Å². The van der Waals surface area contributed by atoms with Crippen molar-refractivity contribution in [3.63, 3.8) is 0 Å². The number of nitrogens with one attached hydrogen (secondary N) is 1. The molecule has 1 aromatic rings. The van der Waals surface area contributed by atoms with Crippen LogP contribution in [0, 0.1) is 5.41 Å². The van der Waals surface area contributed by atoms with Crippen molar-refractivity contribution >= 4 is 5.84 Å². The molecule has 0 atom stereocenters. The topological polar surface area (TPSA) is 94.1 Å². The summed E-state index contributed by atoms with van der Waals surface area (Å²) in [6.07, 6.45) is 1.47. The van der Waals surface area contributed by atoms with Gasteiger partial charge >= 0.3 is 0 Å². The molecule has 0 fully saturated rings. The Labute approximate surface area is 101 Å². The quantitative estimate of drug-likeness (QED) is 0.452. The Kier molecular flexibility index (Phi) is 4.39. The molecule has 17 heavy (non-hydrogen) atoms. The molecule has 0 aromatic carbocycles. The first-order valence-electron chi connectivity index (χ1n) is 5.33. The maximum absolute atomic E-state index is 7.35. The second-order valence-corrected chi connectivity index (χ2v) is 4.47. The fourth-order valence-corrected chi connectivity index (χ4v) is 1.12. The molecule has 0 unspecified atom stereocenters.